The quantitative estimate of drug-likeness (QED) is 0.510. The average molecular weight is 212 g/mol. The Morgan fingerprint density at radius 2 is 2.07 bits per heavy atom. The molecule has 1 rings (SSSR count). The fourth-order valence-electron chi connectivity index (χ4n) is 1.32. The van der Waals surface area contributed by atoms with Crippen molar-refractivity contribution in [2.75, 3.05) is 19.4 Å². The Bertz CT molecular complexity index is 330. The van der Waals surface area contributed by atoms with E-state index in [1.54, 1.807) is 18.2 Å². The van der Waals surface area contributed by atoms with Gasteiger partial charge in [-0.3, -0.25) is 0 Å². The van der Waals surface area contributed by atoms with Crippen LogP contribution in [0.1, 0.15) is 11.7 Å². The molecule has 0 bridgehead atoms. The van der Waals surface area contributed by atoms with Crippen molar-refractivity contribution in [1.82, 2.24) is 0 Å². The topological polar surface area (TPSA) is 102 Å². The highest BCUT2D eigenvalue weighted by atomic mass is 16.5. The molecular weight excluding hydrogens is 196 g/mol. The van der Waals surface area contributed by atoms with Gasteiger partial charge in [0.1, 0.15) is 11.9 Å². The summed E-state index contributed by atoms with van der Waals surface area (Å²) in [7, 11) is 1.48. The molecule has 0 saturated carbocycles. The molecule has 0 saturated heterocycles. The zero-order valence-corrected chi connectivity index (χ0v) is 8.55. The lowest BCUT2D eigenvalue weighted by Gasteiger charge is -2.19. The Morgan fingerprint density at radius 1 is 1.40 bits per heavy atom. The van der Waals surface area contributed by atoms with Crippen LogP contribution in [0.15, 0.2) is 18.2 Å². The van der Waals surface area contributed by atoms with Gasteiger partial charge < -0.3 is 26.4 Å². The van der Waals surface area contributed by atoms with Crippen molar-refractivity contribution in [2.24, 2.45) is 5.73 Å². The second-order valence-corrected chi connectivity index (χ2v) is 3.25. The molecule has 1 aromatic carbocycles. The van der Waals surface area contributed by atoms with E-state index >= 15 is 0 Å². The van der Waals surface area contributed by atoms with Gasteiger partial charge in [-0.1, -0.05) is 0 Å². The number of methoxy groups -OCH3 is 1. The number of aliphatic hydroxyl groups excluding tert-OH is 2. The number of nitrogen functional groups attached to an aromatic ring is 1. The molecule has 5 nitrogen and oxygen atoms in total. The molecule has 0 amide bonds. The number of hydrogen-bond donors (Lipinski definition) is 4. The fraction of sp³-hybridized carbons (Fsp3) is 0.400. The van der Waals surface area contributed by atoms with E-state index in [0.29, 0.717) is 17.0 Å². The van der Waals surface area contributed by atoms with E-state index in [2.05, 4.69) is 0 Å². The second kappa shape index (κ2) is 4.97. The standard InChI is InChI=1S/C10H16N2O3/c1-15-9-3-2-6(12)4-7(9)10(14)8(13)5-11/h2-4,8,10,13-14H,5,11-12H2,1H3. The molecule has 2 unspecified atom stereocenters. The summed E-state index contributed by atoms with van der Waals surface area (Å²) in [5.74, 6) is 0.476. The van der Waals surface area contributed by atoms with Crippen molar-refractivity contribution in [3.63, 3.8) is 0 Å². The molecule has 0 aliphatic heterocycles. The van der Waals surface area contributed by atoms with Crippen LogP contribution in [0.2, 0.25) is 0 Å². The van der Waals surface area contributed by atoms with Crippen LogP contribution in [0.25, 0.3) is 0 Å². The van der Waals surface area contributed by atoms with Gasteiger partial charge >= 0.3 is 0 Å². The third-order valence-electron chi connectivity index (χ3n) is 2.18. The van der Waals surface area contributed by atoms with Gasteiger partial charge in [0.2, 0.25) is 0 Å². The van der Waals surface area contributed by atoms with E-state index < -0.39 is 12.2 Å². The van der Waals surface area contributed by atoms with Crippen LogP contribution >= 0.6 is 0 Å². The SMILES string of the molecule is COc1ccc(N)cc1C(O)C(O)CN. The Morgan fingerprint density at radius 3 is 2.60 bits per heavy atom. The number of nitrogens with two attached hydrogens (primary N) is 2. The lowest BCUT2D eigenvalue weighted by Crippen LogP contribution is -2.27. The first kappa shape index (κ1) is 11.8. The van der Waals surface area contributed by atoms with Gasteiger partial charge in [0.25, 0.3) is 0 Å². The van der Waals surface area contributed by atoms with Crippen LogP contribution in [-0.2, 0) is 0 Å². The van der Waals surface area contributed by atoms with Crippen molar-refractivity contribution in [2.45, 2.75) is 12.2 Å². The Balaban J connectivity index is 3.05. The molecule has 84 valence electrons. The minimum Gasteiger partial charge on any atom is -0.496 e. The largest absolute Gasteiger partial charge is 0.496 e. The van der Waals surface area contributed by atoms with Gasteiger partial charge in [0, 0.05) is 17.8 Å². The van der Waals surface area contributed by atoms with Gasteiger partial charge in [-0.2, -0.15) is 0 Å². The number of benzene rings is 1. The zero-order chi connectivity index (χ0) is 11.4. The summed E-state index contributed by atoms with van der Waals surface area (Å²) in [5, 5.41) is 19.2. The minimum absolute atomic E-state index is 0.0287. The first-order valence-electron chi connectivity index (χ1n) is 4.59. The van der Waals surface area contributed by atoms with Crippen LogP contribution < -0.4 is 16.2 Å². The Kier molecular flexibility index (Phi) is 3.90. The summed E-state index contributed by atoms with van der Waals surface area (Å²) in [4.78, 5) is 0. The molecule has 0 spiro atoms. The maximum atomic E-state index is 9.76. The first-order chi connectivity index (χ1) is 7.10. The highest BCUT2D eigenvalue weighted by molar-refractivity contribution is 5.49. The molecule has 6 N–H and O–H groups in total. The van der Waals surface area contributed by atoms with E-state index in [0.717, 1.165) is 0 Å². The van der Waals surface area contributed by atoms with Crippen molar-refractivity contribution in [3.8, 4) is 5.75 Å². The number of aliphatic hydroxyl groups is 2. The van der Waals surface area contributed by atoms with E-state index in [4.69, 9.17) is 16.2 Å². The molecule has 0 aromatic heterocycles. The zero-order valence-electron chi connectivity index (χ0n) is 8.55. The van der Waals surface area contributed by atoms with Crippen LogP contribution in [0, 0.1) is 0 Å². The van der Waals surface area contributed by atoms with Gasteiger partial charge in [0.05, 0.1) is 13.2 Å². The number of anilines is 1. The van der Waals surface area contributed by atoms with Crippen molar-refractivity contribution < 1.29 is 14.9 Å². The third-order valence-corrected chi connectivity index (χ3v) is 2.18. The normalized spacial score (nSPS) is 14.7. The highest BCUT2D eigenvalue weighted by Crippen LogP contribution is 2.28. The lowest BCUT2D eigenvalue weighted by molar-refractivity contribution is 0.0230. The maximum absolute atomic E-state index is 9.76. The van der Waals surface area contributed by atoms with Gasteiger partial charge in [-0.25, -0.2) is 0 Å². The van der Waals surface area contributed by atoms with Crippen LogP contribution in [-0.4, -0.2) is 30.0 Å². The number of rotatable bonds is 4. The molecule has 0 fully saturated rings. The summed E-state index contributed by atoms with van der Waals surface area (Å²) >= 11 is 0. The average Bonchev–Trinajstić information content (AvgIpc) is 2.27. The molecular formula is C10H16N2O3. The molecule has 0 heterocycles. The lowest BCUT2D eigenvalue weighted by atomic mass is 10.0. The summed E-state index contributed by atoms with van der Waals surface area (Å²) in [6.07, 6.45) is -2.12. The Hall–Kier alpha value is -1.30. The van der Waals surface area contributed by atoms with Crippen LogP contribution in [0.3, 0.4) is 0 Å². The monoisotopic (exact) mass is 212 g/mol. The first-order valence-corrected chi connectivity index (χ1v) is 4.59. The van der Waals surface area contributed by atoms with Crippen LogP contribution in [0.4, 0.5) is 5.69 Å². The Labute approximate surface area is 88.3 Å². The summed E-state index contributed by atoms with van der Waals surface area (Å²) < 4.78 is 5.05. The van der Waals surface area contributed by atoms with Gasteiger partial charge in [-0.15, -0.1) is 0 Å². The summed E-state index contributed by atoms with van der Waals surface area (Å²) in [5.41, 5.74) is 11.8. The van der Waals surface area contributed by atoms with Crippen molar-refractivity contribution in [1.29, 1.82) is 0 Å². The molecule has 0 aliphatic rings. The highest BCUT2D eigenvalue weighted by Gasteiger charge is 2.20. The van der Waals surface area contributed by atoms with Crippen LogP contribution in [0.5, 0.6) is 5.75 Å². The molecule has 1 aromatic rings. The van der Waals surface area contributed by atoms with Gasteiger partial charge in [-0.05, 0) is 18.2 Å². The molecule has 0 radical (unpaired) electrons. The number of hydrogen-bond acceptors (Lipinski definition) is 5. The minimum atomic E-state index is -1.09. The fourth-order valence-corrected chi connectivity index (χ4v) is 1.32. The molecule has 15 heavy (non-hydrogen) atoms. The molecule has 0 aliphatic carbocycles. The van der Waals surface area contributed by atoms with E-state index in [-0.39, 0.29) is 6.54 Å². The smallest absolute Gasteiger partial charge is 0.124 e. The second-order valence-electron chi connectivity index (χ2n) is 3.25. The number of ether oxygens (including phenoxy) is 1. The van der Waals surface area contributed by atoms with E-state index in [1.807, 2.05) is 0 Å². The molecule has 2 atom stereocenters. The van der Waals surface area contributed by atoms with Gasteiger partial charge in [0.15, 0.2) is 0 Å². The summed E-state index contributed by atoms with van der Waals surface area (Å²) in [6.45, 7) is -0.0287. The van der Waals surface area contributed by atoms with Crippen molar-refractivity contribution in [3.05, 3.63) is 23.8 Å². The van der Waals surface area contributed by atoms with E-state index in [1.165, 1.54) is 7.11 Å². The summed E-state index contributed by atoms with van der Waals surface area (Å²) in [6, 6.07) is 4.85. The van der Waals surface area contributed by atoms with E-state index in [9.17, 15) is 10.2 Å². The van der Waals surface area contributed by atoms with Crippen molar-refractivity contribution >= 4 is 5.69 Å². The third kappa shape index (κ3) is 2.59. The predicted octanol–water partition coefficient (Wildman–Crippen LogP) is -0.370. The molecule has 5 heteroatoms. The predicted molar refractivity (Wildman–Crippen MR) is 57.4 cm³/mol. The maximum Gasteiger partial charge on any atom is 0.124 e.